The molecule has 0 aliphatic carbocycles. The largest absolute Gasteiger partial charge is 0.355 e. The molecule has 0 saturated carbocycles. The summed E-state index contributed by atoms with van der Waals surface area (Å²) in [5, 5.41) is 10.8. The molecular weight excluding hydrogens is 294 g/mol. The lowest BCUT2D eigenvalue weighted by atomic mass is 10.2. The Hall–Kier alpha value is -1.41. The molecule has 1 fully saturated rings. The quantitative estimate of drug-likeness (QED) is 0.474. The van der Waals surface area contributed by atoms with Gasteiger partial charge < -0.3 is 4.90 Å². The molecule has 0 radical (unpaired) electrons. The molecule has 0 aromatic carbocycles. The van der Waals surface area contributed by atoms with Crippen LogP contribution < -0.4 is 4.90 Å². The van der Waals surface area contributed by atoms with Crippen molar-refractivity contribution in [3.63, 3.8) is 0 Å². The molecule has 1 aromatic rings. The standard InChI is InChI=1S/C10H12ClN3O4S/c1-13(7-2-3-19(17,18)6-7)10-5-8(14(15)16)4-9(11)12-10/h4-5,7H,2-3,6H2,1H3. The topological polar surface area (TPSA) is 93.4 Å². The molecule has 2 rings (SSSR count). The van der Waals surface area contributed by atoms with Gasteiger partial charge >= 0.3 is 0 Å². The van der Waals surface area contributed by atoms with Crippen LogP contribution in [0.15, 0.2) is 12.1 Å². The number of pyridine rings is 1. The minimum atomic E-state index is -3.02. The van der Waals surface area contributed by atoms with E-state index in [1.165, 1.54) is 6.07 Å². The molecule has 19 heavy (non-hydrogen) atoms. The van der Waals surface area contributed by atoms with Crippen molar-refractivity contribution in [3.05, 3.63) is 27.4 Å². The summed E-state index contributed by atoms with van der Waals surface area (Å²) in [7, 11) is -1.36. The lowest BCUT2D eigenvalue weighted by Crippen LogP contribution is -2.33. The highest BCUT2D eigenvalue weighted by Crippen LogP contribution is 2.26. The van der Waals surface area contributed by atoms with Gasteiger partial charge in [-0.2, -0.15) is 0 Å². The summed E-state index contributed by atoms with van der Waals surface area (Å²) >= 11 is 5.74. The van der Waals surface area contributed by atoms with Crippen LogP contribution >= 0.6 is 11.6 Å². The number of anilines is 1. The van der Waals surface area contributed by atoms with Crippen LogP contribution in [0, 0.1) is 10.1 Å². The van der Waals surface area contributed by atoms with Gasteiger partial charge in [-0.25, -0.2) is 13.4 Å². The van der Waals surface area contributed by atoms with E-state index in [-0.39, 0.29) is 28.4 Å². The van der Waals surface area contributed by atoms with Crippen molar-refractivity contribution in [2.75, 3.05) is 23.5 Å². The SMILES string of the molecule is CN(c1cc([N+](=O)[O-])cc(Cl)n1)C1CCS(=O)(=O)C1. The molecule has 1 saturated heterocycles. The maximum Gasteiger partial charge on any atom is 0.276 e. The van der Waals surface area contributed by atoms with E-state index < -0.39 is 14.8 Å². The Morgan fingerprint density at radius 3 is 2.74 bits per heavy atom. The van der Waals surface area contributed by atoms with Crippen molar-refractivity contribution in [2.24, 2.45) is 0 Å². The van der Waals surface area contributed by atoms with Crippen LogP contribution in [0.4, 0.5) is 11.5 Å². The molecule has 0 spiro atoms. The molecule has 2 heterocycles. The lowest BCUT2D eigenvalue weighted by molar-refractivity contribution is -0.384. The van der Waals surface area contributed by atoms with E-state index in [2.05, 4.69) is 4.98 Å². The summed E-state index contributed by atoms with van der Waals surface area (Å²) in [5.74, 6) is 0.470. The lowest BCUT2D eigenvalue weighted by Gasteiger charge is -2.24. The fourth-order valence-corrected chi connectivity index (χ4v) is 4.00. The second-order valence-electron chi connectivity index (χ2n) is 4.43. The van der Waals surface area contributed by atoms with Crippen LogP contribution in [0.5, 0.6) is 0 Å². The highest BCUT2D eigenvalue weighted by atomic mass is 35.5. The van der Waals surface area contributed by atoms with Gasteiger partial charge in [-0.05, 0) is 6.42 Å². The van der Waals surface area contributed by atoms with Crippen molar-refractivity contribution in [1.29, 1.82) is 0 Å². The Balaban J connectivity index is 2.29. The van der Waals surface area contributed by atoms with Crippen molar-refractivity contribution >= 4 is 32.9 Å². The van der Waals surface area contributed by atoms with E-state index in [9.17, 15) is 18.5 Å². The first-order valence-corrected chi connectivity index (χ1v) is 7.74. The highest BCUT2D eigenvalue weighted by Gasteiger charge is 2.31. The Morgan fingerprint density at radius 2 is 2.21 bits per heavy atom. The van der Waals surface area contributed by atoms with Gasteiger partial charge in [0.25, 0.3) is 5.69 Å². The highest BCUT2D eigenvalue weighted by molar-refractivity contribution is 7.91. The van der Waals surface area contributed by atoms with Gasteiger partial charge in [-0.1, -0.05) is 11.6 Å². The number of nitrogens with zero attached hydrogens (tertiary/aromatic N) is 3. The molecule has 1 unspecified atom stereocenters. The van der Waals surface area contributed by atoms with Crippen LogP contribution in [0.2, 0.25) is 5.15 Å². The molecule has 1 aromatic heterocycles. The van der Waals surface area contributed by atoms with E-state index in [0.29, 0.717) is 12.2 Å². The summed E-state index contributed by atoms with van der Waals surface area (Å²) in [6.45, 7) is 0. The third-order valence-electron chi connectivity index (χ3n) is 3.09. The zero-order valence-corrected chi connectivity index (χ0v) is 11.7. The second kappa shape index (κ2) is 4.93. The molecule has 0 bridgehead atoms. The van der Waals surface area contributed by atoms with E-state index in [4.69, 9.17) is 11.6 Å². The van der Waals surface area contributed by atoms with Crippen LogP contribution in [0.1, 0.15) is 6.42 Å². The van der Waals surface area contributed by atoms with Gasteiger partial charge in [-0.15, -0.1) is 0 Å². The van der Waals surface area contributed by atoms with Gasteiger partial charge in [0.2, 0.25) is 0 Å². The van der Waals surface area contributed by atoms with Crippen molar-refractivity contribution in [2.45, 2.75) is 12.5 Å². The fraction of sp³-hybridized carbons (Fsp3) is 0.500. The van der Waals surface area contributed by atoms with Gasteiger partial charge in [0.1, 0.15) is 11.0 Å². The summed E-state index contributed by atoms with van der Waals surface area (Å²) in [6, 6.07) is 2.22. The molecule has 7 nitrogen and oxygen atoms in total. The number of halogens is 1. The average molecular weight is 306 g/mol. The normalized spacial score (nSPS) is 21.3. The monoisotopic (exact) mass is 305 g/mol. The number of sulfone groups is 1. The van der Waals surface area contributed by atoms with E-state index in [1.54, 1.807) is 11.9 Å². The Morgan fingerprint density at radius 1 is 1.53 bits per heavy atom. The molecule has 1 aliphatic heterocycles. The predicted molar refractivity (Wildman–Crippen MR) is 71.4 cm³/mol. The predicted octanol–water partition coefficient (Wildman–Crippen LogP) is 1.27. The van der Waals surface area contributed by atoms with Crippen LogP contribution in [-0.4, -0.2) is 42.9 Å². The minimum absolute atomic E-state index is 0.0110. The molecule has 0 amide bonds. The van der Waals surface area contributed by atoms with Crippen LogP contribution in [-0.2, 0) is 9.84 Å². The van der Waals surface area contributed by atoms with Crippen molar-refractivity contribution in [3.8, 4) is 0 Å². The van der Waals surface area contributed by atoms with Crippen LogP contribution in [0.25, 0.3) is 0 Å². The maximum absolute atomic E-state index is 11.4. The first kappa shape index (κ1) is 14.0. The van der Waals surface area contributed by atoms with Crippen LogP contribution in [0.3, 0.4) is 0 Å². The zero-order chi connectivity index (χ0) is 14.2. The Labute approximate surface area is 115 Å². The number of hydrogen-bond acceptors (Lipinski definition) is 6. The number of rotatable bonds is 3. The molecular formula is C10H12ClN3O4S. The van der Waals surface area contributed by atoms with Crippen molar-refractivity contribution in [1.82, 2.24) is 4.98 Å². The van der Waals surface area contributed by atoms with Crippen molar-refractivity contribution < 1.29 is 13.3 Å². The number of nitro groups is 1. The summed E-state index contributed by atoms with van der Waals surface area (Å²) in [5.41, 5.74) is -0.164. The first-order chi connectivity index (χ1) is 8.78. The van der Waals surface area contributed by atoms with Gasteiger partial charge in [0.15, 0.2) is 9.84 Å². The summed E-state index contributed by atoms with van der Waals surface area (Å²) < 4.78 is 22.9. The smallest absolute Gasteiger partial charge is 0.276 e. The second-order valence-corrected chi connectivity index (χ2v) is 7.05. The maximum atomic E-state index is 11.4. The van der Waals surface area contributed by atoms with Gasteiger partial charge in [0, 0.05) is 13.1 Å². The Bertz CT molecular complexity index is 619. The van der Waals surface area contributed by atoms with Gasteiger partial charge in [-0.3, -0.25) is 10.1 Å². The fourth-order valence-electron chi connectivity index (χ4n) is 2.02. The average Bonchev–Trinajstić information content (AvgIpc) is 2.68. The molecule has 104 valence electrons. The number of hydrogen-bond donors (Lipinski definition) is 0. The van der Waals surface area contributed by atoms with Gasteiger partial charge in [0.05, 0.1) is 28.6 Å². The molecule has 1 atom stereocenters. The summed E-state index contributed by atoms with van der Waals surface area (Å²) in [6.07, 6.45) is 0.487. The minimum Gasteiger partial charge on any atom is -0.355 e. The third-order valence-corrected chi connectivity index (χ3v) is 5.04. The van der Waals surface area contributed by atoms with E-state index in [1.807, 2.05) is 0 Å². The molecule has 0 N–H and O–H groups in total. The zero-order valence-electron chi connectivity index (χ0n) is 10.1. The molecule has 1 aliphatic rings. The number of aromatic nitrogens is 1. The van der Waals surface area contributed by atoms with E-state index in [0.717, 1.165) is 6.07 Å². The Kier molecular flexibility index (Phi) is 3.64. The third kappa shape index (κ3) is 3.13. The van der Waals surface area contributed by atoms with E-state index >= 15 is 0 Å². The summed E-state index contributed by atoms with van der Waals surface area (Å²) in [4.78, 5) is 15.8. The first-order valence-electron chi connectivity index (χ1n) is 5.54. The molecule has 9 heteroatoms.